The van der Waals surface area contributed by atoms with E-state index in [0.29, 0.717) is 11.3 Å². The number of benzene rings is 2. The SMILES string of the molecule is CCCCCCCc1ccc(C(=O)Nc2cccc3c(=O)cc(C(=O)OC)oc23)cc1. The highest BCUT2D eigenvalue weighted by atomic mass is 16.5. The van der Waals surface area contributed by atoms with Crippen LogP contribution in [0.1, 0.15) is 65.5 Å². The van der Waals surface area contributed by atoms with Crippen molar-refractivity contribution < 1.29 is 18.7 Å². The van der Waals surface area contributed by atoms with Gasteiger partial charge in [0.05, 0.1) is 18.2 Å². The maximum Gasteiger partial charge on any atom is 0.374 e. The number of methoxy groups -OCH3 is 1. The Morgan fingerprint density at radius 1 is 1.00 bits per heavy atom. The van der Waals surface area contributed by atoms with Crippen LogP contribution in [-0.2, 0) is 11.2 Å². The number of esters is 1. The lowest BCUT2D eigenvalue weighted by Gasteiger charge is -2.09. The topological polar surface area (TPSA) is 85.6 Å². The van der Waals surface area contributed by atoms with E-state index in [2.05, 4.69) is 17.0 Å². The van der Waals surface area contributed by atoms with Gasteiger partial charge in [-0.25, -0.2) is 4.79 Å². The molecule has 3 aromatic rings. The van der Waals surface area contributed by atoms with Crippen molar-refractivity contribution >= 4 is 28.5 Å². The number of carbonyl (C=O) groups is 2. The first-order chi connectivity index (χ1) is 15.0. The third-order valence-electron chi connectivity index (χ3n) is 5.17. The van der Waals surface area contributed by atoms with Gasteiger partial charge in [-0.15, -0.1) is 0 Å². The molecule has 0 aliphatic heterocycles. The number of unbranched alkanes of at least 4 members (excludes halogenated alkanes) is 4. The number of ether oxygens (including phenoxy) is 1. The lowest BCUT2D eigenvalue weighted by atomic mass is 10.0. The number of amides is 1. The molecule has 6 heteroatoms. The first-order valence-electron chi connectivity index (χ1n) is 10.6. The maximum absolute atomic E-state index is 12.7. The quantitative estimate of drug-likeness (QED) is 0.372. The minimum atomic E-state index is -0.759. The summed E-state index contributed by atoms with van der Waals surface area (Å²) in [4.78, 5) is 36.8. The van der Waals surface area contributed by atoms with E-state index < -0.39 is 5.97 Å². The van der Waals surface area contributed by atoms with Crippen molar-refractivity contribution in [2.24, 2.45) is 0 Å². The van der Waals surface area contributed by atoms with Crippen LogP contribution in [0, 0.1) is 0 Å². The molecule has 1 aromatic heterocycles. The third kappa shape index (κ3) is 5.60. The van der Waals surface area contributed by atoms with Gasteiger partial charge in [-0.05, 0) is 42.7 Å². The second-order valence-corrected chi connectivity index (χ2v) is 7.46. The third-order valence-corrected chi connectivity index (χ3v) is 5.17. The molecule has 1 amide bonds. The van der Waals surface area contributed by atoms with Crippen LogP contribution >= 0.6 is 0 Å². The first kappa shape index (κ1) is 22.3. The van der Waals surface area contributed by atoms with E-state index in [1.807, 2.05) is 12.1 Å². The van der Waals surface area contributed by atoms with E-state index in [1.165, 1.54) is 38.4 Å². The van der Waals surface area contributed by atoms with Gasteiger partial charge in [0.1, 0.15) is 0 Å². The summed E-state index contributed by atoms with van der Waals surface area (Å²) in [7, 11) is 1.20. The number of anilines is 1. The van der Waals surface area contributed by atoms with Gasteiger partial charge in [0.25, 0.3) is 5.91 Å². The molecule has 1 heterocycles. The van der Waals surface area contributed by atoms with E-state index in [-0.39, 0.29) is 28.1 Å². The highest BCUT2D eigenvalue weighted by Gasteiger charge is 2.16. The van der Waals surface area contributed by atoms with Crippen molar-refractivity contribution in [3.8, 4) is 0 Å². The Hall–Kier alpha value is -3.41. The molecule has 2 aromatic carbocycles. The number of hydrogen-bond acceptors (Lipinski definition) is 5. The molecule has 0 bridgehead atoms. The van der Waals surface area contributed by atoms with Crippen molar-refractivity contribution in [1.82, 2.24) is 0 Å². The summed E-state index contributed by atoms with van der Waals surface area (Å²) < 4.78 is 10.2. The highest BCUT2D eigenvalue weighted by molar-refractivity contribution is 6.08. The van der Waals surface area contributed by atoms with Crippen LogP contribution < -0.4 is 10.7 Å². The molecule has 0 atom stereocenters. The molecule has 0 spiro atoms. The predicted octanol–water partition coefficient (Wildman–Crippen LogP) is 5.34. The average Bonchev–Trinajstić information content (AvgIpc) is 2.79. The summed E-state index contributed by atoms with van der Waals surface area (Å²) in [5.41, 5.74) is 1.75. The van der Waals surface area contributed by atoms with Crippen LogP contribution in [0.3, 0.4) is 0 Å². The van der Waals surface area contributed by atoms with Crippen molar-refractivity contribution in [2.45, 2.75) is 45.4 Å². The Labute approximate surface area is 181 Å². The molecule has 0 aliphatic rings. The molecule has 31 heavy (non-hydrogen) atoms. The van der Waals surface area contributed by atoms with E-state index in [4.69, 9.17) is 4.42 Å². The smallest absolute Gasteiger partial charge is 0.374 e. The van der Waals surface area contributed by atoms with Gasteiger partial charge in [-0.3, -0.25) is 9.59 Å². The molecular formula is C25H27NO5. The van der Waals surface area contributed by atoms with Crippen molar-refractivity contribution in [3.63, 3.8) is 0 Å². The van der Waals surface area contributed by atoms with Crippen LogP contribution in [0.4, 0.5) is 5.69 Å². The Morgan fingerprint density at radius 3 is 2.45 bits per heavy atom. The van der Waals surface area contributed by atoms with Gasteiger partial charge in [0, 0.05) is 11.6 Å². The largest absolute Gasteiger partial charge is 0.463 e. The zero-order valence-electron chi connectivity index (χ0n) is 17.9. The Morgan fingerprint density at radius 2 is 1.74 bits per heavy atom. The Kier molecular flexibility index (Phi) is 7.60. The summed E-state index contributed by atoms with van der Waals surface area (Å²) in [6, 6.07) is 13.4. The minimum Gasteiger partial charge on any atom is -0.463 e. The van der Waals surface area contributed by atoms with Gasteiger partial charge in [-0.2, -0.15) is 0 Å². The minimum absolute atomic E-state index is 0.132. The summed E-state index contributed by atoms with van der Waals surface area (Å²) in [5.74, 6) is -1.30. The molecule has 0 radical (unpaired) electrons. The van der Waals surface area contributed by atoms with E-state index in [1.54, 1.807) is 30.3 Å². The van der Waals surface area contributed by atoms with Gasteiger partial charge in [0.2, 0.25) is 5.76 Å². The van der Waals surface area contributed by atoms with E-state index in [9.17, 15) is 14.4 Å². The second kappa shape index (κ2) is 10.6. The predicted molar refractivity (Wildman–Crippen MR) is 121 cm³/mol. The van der Waals surface area contributed by atoms with E-state index in [0.717, 1.165) is 18.9 Å². The maximum atomic E-state index is 12.7. The standard InChI is InChI=1S/C25H27NO5/c1-3-4-5-6-7-9-17-12-14-18(15-13-17)24(28)26-20-11-8-10-19-21(27)16-22(25(29)30-2)31-23(19)20/h8,10-16H,3-7,9H2,1-2H3,(H,26,28). The molecule has 3 rings (SSSR count). The average molecular weight is 421 g/mol. The van der Waals surface area contributed by atoms with Gasteiger partial charge < -0.3 is 14.5 Å². The van der Waals surface area contributed by atoms with Crippen LogP contribution in [-0.4, -0.2) is 19.0 Å². The van der Waals surface area contributed by atoms with Gasteiger partial charge >= 0.3 is 5.97 Å². The van der Waals surface area contributed by atoms with Crippen molar-refractivity contribution in [1.29, 1.82) is 0 Å². The summed E-state index contributed by atoms with van der Waals surface area (Å²) in [6.45, 7) is 2.20. The number of fused-ring (bicyclic) bond motifs is 1. The zero-order valence-corrected chi connectivity index (χ0v) is 17.9. The van der Waals surface area contributed by atoms with Gasteiger partial charge in [-0.1, -0.05) is 50.8 Å². The summed E-state index contributed by atoms with van der Waals surface area (Å²) >= 11 is 0. The molecule has 0 aliphatic carbocycles. The fourth-order valence-corrected chi connectivity index (χ4v) is 3.43. The molecule has 0 saturated heterocycles. The first-order valence-corrected chi connectivity index (χ1v) is 10.6. The number of aryl methyl sites for hydroxylation is 1. The van der Waals surface area contributed by atoms with Crippen LogP contribution in [0.25, 0.3) is 11.0 Å². The van der Waals surface area contributed by atoms with Crippen LogP contribution in [0.5, 0.6) is 0 Å². The fraction of sp³-hybridized carbons (Fsp3) is 0.320. The fourth-order valence-electron chi connectivity index (χ4n) is 3.43. The van der Waals surface area contributed by atoms with Gasteiger partial charge in [0.15, 0.2) is 11.0 Å². The Bertz CT molecular complexity index is 1110. The molecular weight excluding hydrogens is 394 g/mol. The summed E-state index contributed by atoms with van der Waals surface area (Å²) in [5, 5.41) is 3.04. The monoisotopic (exact) mass is 421 g/mol. The van der Waals surface area contributed by atoms with Crippen molar-refractivity contribution in [3.05, 3.63) is 75.6 Å². The second-order valence-electron chi connectivity index (χ2n) is 7.46. The normalized spacial score (nSPS) is 10.8. The lowest BCUT2D eigenvalue weighted by Crippen LogP contribution is -2.14. The number of para-hydroxylation sites is 1. The number of carbonyl (C=O) groups excluding carboxylic acids is 2. The van der Waals surface area contributed by atoms with Crippen molar-refractivity contribution in [2.75, 3.05) is 12.4 Å². The van der Waals surface area contributed by atoms with Crippen LogP contribution in [0.15, 0.2) is 57.7 Å². The van der Waals surface area contributed by atoms with Crippen LogP contribution in [0.2, 0.25) is 0 Å². The molecule has 1 N–H and O–H groups in total. The molecule has 0 fully saturated rings. The molecule has 0 saturated carbocycles. The van der Waals surface area contributed by atoms with E-state index >= 15 is 0 Å². The Balaban J connectivity index is 1.75. The molecule has 162 valence electrons. The number of hydrogen-bond donors (Lipinski definition) is 1. The molecule has 0 unspecified atom stereocenters. The highest BCUT2D eigenvalue weighted by Crippen LogP contribution is 2.23. The number of nitrogens with one attached hydrogen (secondary N) is 1. The lowest BCUT2D eigenvalue weighted by molar-refractivity contribution is 0.0565. The zero-order chi connectivity index (χ0) is 22.2. The molecule has 6 nitrogen and oxygen atoms in total. The number of rotatable bonds is 9. The summed E-state index contributed by atoms with van der Waals surface area (Å²) in [6.07, 6.45) is 7.12.